The standard InChI is InChI=1S/C26H25FN4O5/c1-3-35-20-8-10-21(11-9-20)36-23-14-17(12-13-28-23)15-29-22(32)16-31-24(33)26(2,30-25(31)34)18-4-6-19(27)7-5-18/h4-14H,3,15-16H2,1-2H3,(H,29,32)(H,30,34). The van der Waals surface area contributed by atoms with Gasteiger partial charge in [-0.15, -0.1) is 0 Å². The van der Waals surface area contributed by atoms with Gasteiger partial charge >= 0.3 is 6.03 Å². The van der Waals surface area contributed by atoms with Crippen LogP contribution in [-0.4, -0.2) is 40.9 Å². The summed E-state index contributed by atoms with van der Waals surface area (Å²) in [6, 6.07) is 15.1. The summed E-state index contributed by atoms with van der Waals surface area (Å²) < 4.78 is 24.4. The fraction of sp³-hybridized carbons (Fsp3) is 0.231. The molecule has 2 aromatic carbocycles. The Labute approximate surface area is 207 Å². The molecule has 2 N–H and O–H groups in total. The monoisotopic (exact) mass is 492 g/mol. The summed E-state index contributed by atoms with van der Waals surface area (Å²) in [5.74, 6) is 0.0822. The second-order valence-corrected chi connectivity index (χ2v) is 8.24. The lowest BCUT2D eigenvalue weighted by Crippen LogP contribution is -2.43. The van der Waals surface area contributed by atoms with Gasteiger partial charge in [0.15, 0.2) is 0 Å². The number of benzene rings is 2. The van der Waals surface area contributed by atoms with Crippen molar-refractivity contribution in [1.29, 1.82) is 0 Å². The van der Waals surface area contributed by atoms with Crippen LogP contribution >= 0.6 is 0 Å². The number of nitrogens with zero attached hydrogens (tertiary/aromatic N) is 2. The van der Waals surface area contributed by atoms with Gasteiger partial charge in [0.25, 0.3) is 5.91 Å². The number of carbonyl (C=O) groups is 3. The van der Waals surface area contributed by atoms with E-state index in [-0.39, 0.29) is 6.54 Å². The minimum atomic E-state index is -1.39. The molecule has 3 aromatic rings. The summed E-state index contributed by atoms with van der Waals surface area (Å²) in [4.78, 5) is 42.9. The average molecular weight is 493 g/mol. The van der Waals surface area contributed by atoms with Gasteiger partial charge in [-0.05, 0) is 67.4 Å². The fourth-order valence-corrected chi connectivity index (χ4v) is 3.73. The molecule has 0 saturated carbocycles. The highest BCUT2D eigenvalue weighted by Gasteiger charge is 2.49. The number of ether oxygens (including phenoxy) is 2. The van der Waals surface area contributed by atoms with E-state index in [4.69, 9.17) is 9.47 Å². The molecule has 2 heterocycles. The quantitative estimate of drug-likeness (QED) is 0.443. The number of hydrogen-bond acceptors (Lipinski definition) is 6. The number of urea groups is 1. The first-order valence-electron chi connectivity index (χ1n) is 11.3. The van der Waals surface area contributed by atoms with Gasteiger partial charge in [-0.2, -0.15) is 0 Å². The number of aromatic nitrogens is 1. The van der Waals surface area contributed by atoms with Gasteiger partial charge in [0.05, 0.1) is 6.61 Å². The van der Waals surface area contributed by atoms with Crippen LogP contribution in [0.25, 0.3) is 0 Å². The van der Waals surface area contributed by atoms with E-state index in [9.17, 15) is 18.8 Å². The van der Waals surface area contributed by atoms with Crippen molar-refractivity contribution < 1.29 is 28.2 Å². The third kappa shape index (κ3) is 5.43. The van der Waals surface area contributed by atoms with E-state index in [0.717, 1.165) is 10.6 Å². The van der Waals surface area contributed by atoms with Crippen LogP contribution in [0.1, 0.15) is 25.0 Å². The molecule has 1 aliphatic heterocycles. The fourth-order valence-electron chi connectivity index (χ4n) is 3.73. The van der Waals surface area contributed by atoms with E-state index < -0.39 is 35.7 Å². The van der Waals surface area contributed by atoms with Crippen molar-refractivity contribution in [3.05, 3.63) is 83.8 Å². The van der Waals surface area contributed by atoms with E-state index in [1.165, 1.54) is 31.2 Å². The minimum Gasteiger partial charge on any atom is -0.494 e. The van der Waals surface area contributed by atoms with Crippen molar-refractivity contribution in [3.63, 3.8) is 0 Å². The van der Waals surface area contributed by atoms with Crippen molar-refractivity contribution in [3.8, 4) is 17.4 Å². The first-order chi connectivity index (χ1) is 17.3. The summed E-state index contributed by atoms with van der Waals surface area (Å²) in [5, 5.41) is 5.28. The highest BCUT2D eigenvalue weighted by atomic mass is 19.1. The molecule has 10 heteroatoms. The van der Waals surface area contributed by atoms with Crippen LogP contribution in [0.15, 0.2) is 66.9 Å². The summed E-state index contributed by atoms with van der Waals surface area (Å²) >= 11 is 0. The van der Waals surface area contributed by atoms with E-state index in [2.05, 4.69) is 15.6 Å². The molecule has 0 spiro atoms. The molecule has 1 aromatic heterocycles. The zero-order chi connectivity index (χ0) is 25.7. The predicted octanol–water partition coefficient (Wildman–Crippen LogP) is 3.50. The maximum absolute atomic E-state index is 13.3. The van der Waals surface area contributed by atoms with Gasteiger partial charge < -0.3 is 20.1 Å². The van der Waals surface area contributed by atoms with Crippen LogP contribution < -0.4 is 20.1 Å². The number of carbonyl (C=O) groups excluding carboxylic acids is 3. The Morgan fingerprint density at radius 1 is 1.08 bits per heavy atom. The van der Waals surface area contributed by atoms with E-state index in [1.54, 1.807) is 42.6 Å². The minimum absolute atomic E-state index is 0.139. The van der Waals surface area contributed by atoms with Crippen molar-refractivity contribution >= 4 is 17.8 Å². The number of halogens is 1. The normalized spacial score (nSPS) is 17.0. The maximum Gasteiger partial charge on any atom is 0.325 e. The summed E-state index contributed by atoms with van der Waals surface area (Å²) in [5.41, 5.74) is -0.252. The molecule has 1 fully saturated rings. The van der Waals surface area contributed by atoms with Crippen LogP contribution in [0.4, 0.5) is 9.18 Å². The molecule has 0 bridgehead atoms. The van der Waals surface area contributed by atoms with E-state index in [0.29, 0.717) is 29.4 Å². The second kappa shape index (κ2) is 10.4. The molecular weight excluding hydrogens is 467 g/mol. The van der Waals surface area contributed by atoms with Crippen molar-refractivity contribution in [2.45, 2.75) is 25.9 Å². The molecule has 1 atom stereocenters. The van der Waals surface area contributed by atoms with Gasteiger partial charge in [-0.1, -0.05) is 12.1 Å². The van der Waals surface area contributed by atoms with Crippen LogP contribution in [0.2, 0.25) is 0 Å². The van der Waals surface area contributed by atoms with Crippen molar-refractivity contribution in [2.75, 3.05) is 13.2 Å². The number of nitrogens with one attached hydrogen (secondary N) is 2. The van der Waals surface area contributed by atoms with Gasteiger partial charge in [0.2, 0.25) is 11.8 Å². The third-order valence-electron chi connectivity index (χ3n) is 5.64. The van der Waals surface area contributed by atoms with Crippen LogP contribution in [0, 0.1) is 5.82 Å². The maximum atomic E-state index is 13.3. The zero-order valence-corrected chi connectivity index (χ0v) is 19.8. The van der Waals surface area contributed by atoms with Crippen molar-refractivity contribution in [1.82, 2.24) is 20.5 Å². The zero-order valence-electron chi connectivity index (χ0n) is 19.8. The molecular formula is C26H25FN4O5. The Bertz CT molecular complexity index is 1270. The van der Waals surface area contributed by atoms with Crippen LogP contribution in [0.5, 0.6) is 17.4 Å². The SMILES string of the molecule is CCOc1ccc(Oc2cc(CNC(=O)CN3C(=O)NC(C)(c4ccc(F)cc4)C3=O)ccn2)cc1. The van der Waals surface area contributed by atoms with E-state index >= 15 is 0 Å². The molecule has 1 unspecified atom stereocenters. The number of pyridine rings is 1. The topological polar surface area (TPSA) is 110 Å². The lowest BCUT2D eigenvalue weighted by Gasteiger charge is -2.22. The second-order valence-electron chi connectivity index (χ2n) is 8.24. The Balaban J connectivity index is 1.34. The smallest absolute Gasteiger partial charge is 0.325 e. The van der Waals surface area contributed by atoms with Crippen molar-refractivity contribution in [2.24, 2.45) is 0 Å². The third-order valence-corrected chi connectivity index (χ3v) is 5.64. The molecule has 0 radical (unpaired) electrons. The summed E-state index contributed by atoms with van der Waals surface area (Å²) in [6.45, 7) is 3.67. The first-order valence-corrected chi connectivity index (χ1v) is 11.3. The molecule has 4 amide bonds. The first kappa shape index (κ1) is 24.6. The lowest BCUT2D eigenvalue weighted by molar-refractivity contribution is -0.134. The number of amides is 4. The van der Waals surface area contributed by atoms with Gasteiger partial charge in [-0.3, -0.25) is 14.5 Å². The molecule has 9 nitrogen and oxygen atoms in total. The van der Waals surface area contributed by atoms with Gasteiger partial charge in [0.1, 0.15) is 29.4 Å². The summed E-state index contributed by atoms with van der Waals surface area (Å²) in [7, 11) is 0. The van der Waals surface area contributed by atoms with Crippen LogP contribution in [0.3, 0.4) is 0 Å². The predicted molar refractivity (Wildman–Crippen MR) is 128 cm³/mol. The van der Waals surface area contributed by atoms with E-state index in [1.807, 2.05) is 6.92 Å². The average Bonchev–Trinajstić information content (AvgIpc) is 3.08. The summed E-state index contributed by atoms with van der Waals surface area (Å²) in [6.07, 6.45) is 1.55. The Morgan fingerprint density at radius 2 is 1.78 bits per heavy atom. The number of imide groups is 1. The molecule has 186 valence electrons. The van der Waals surface area contributed by atoms with Crippen LogP contribution in [-0.2, 0) is 21.7 Å². The molecule has 1 aliphatic rings. The molecule has 36 heavy (non-hydrogen) atoms. The molecule has 4 rings (SSSR count). The highest BCUT2D eigenvalue weighted by molar-refractivity contribution is 6.09. The number of hydrogen-bond donors (Lipinski definition) is 2. The molecule has 1 saturated heterocycles. The number of rotatable bonds is 9. The Hall–Kier alpha value is -4.47. The molecule has 0 aliphatic carbocycles. The Kier molecular flexibility index (Phi) is 7.14. The van der Waals surface area contributed by atoms with Gasteiger partial charge in [0, 0.05) is 18.8 Å². The highest BCUT2D eigenvalue weighted by Crippen LogP contribution is 2.29. The lowest BCUT2D eigenvalue weighted by atomic mass is 9.92. The van der Waals surface area contributed by atoms with Gasteiger partial charge in [-0.25, -0.2) is 14.2 Å². The largest absolute Gasteiger partial charge is 0.494 e. The Morgan fingerprint density at radius 3 is 2.47 bits per heavy atom.